The lowest BCUT2D eigenvalue weighted by molar-refractivity contribution is -0.116. The highest BCUT2D eigenvalue weighted by Crippen LogP contribution is 2.20. The van der Waals surface area contributed by atoms with Gasteiger partial charge in [-0.25, -0.2) is 4.98 Å². The van der Waals surface area contributed by atoms with Crippen molar-refractivity contribution in [1.29, 1.82) is 0 Å². The smallest absolute Gasteiger partial charge is 0.244 e. The van der Waals surface area contributed by atoms with Crippen LogP contribution in [0.25, 0.3) is 11.0 Å². The molecule has 0 saturated carbocycles. The van der Waals surface area contributed by atoms with Crippen molar-refractivity contribution in [1.82, 2.24) is 9.55 Å². The van der Waals surface area contributed by atoms with Gasteiger partial charge in [0.25, 0.3) is 0 Å². The van der Waals surface area contributed by atoms with E-state index in [-0.39, 0.29) is 12.5 Å². The number of anilines is 1. The molecule has 0 atom stereocenters. The van der Waals surface area contributed by atoms with Crippen LogP contribution in [0.2, 0.25) is 0 Å². The third-order valence-electron chi connectivity index (χ3n) is 4.85. The predicted octanol–water partition coefficient (Wildman–Crippen LogP) is 4.58. The Morgan fingerprint density at radius 1 is 1.03 bits per heavy atom. The first-order chi connectivity index (χ1) is 14.1. The zero-order chi connectivity index (χ0) is 20.2. The molecule has 0 saturated heterocycles. The lowest BCUT2D eigenvalue weighted by atomic mass is 10.1. The number of rotatable bonds is 6. The summed E-state index contributed by atoms with van der Waals surface area (Å²) in [5, 5.41) is 2.95. The summed E-state index contributed by atoms with van der Waals surface area (Å²) in [5.74, 6) is 1.54. The third-order valence-corrected chi connectivity index (χ3v) is 4.85. The van der Waals surface area contributed by atoms with Gasteiger partial charge in [0.15, 0.2) is 0 Å². The summed E-state index contributed by atoms with van der Waals surface area (Å²) in [6, 6.07) is 23.6. The Balaban J connectivity index is 1.60. The first kappa shape index (κ1) is 18.7. The molecule has 5 nitrogen and oxygen atoms in total. The minimum atomic E-state index is -0.0937. The first-order valence-electron chi connectivity index (χ1n) is 9.56. The summed E-state index contributed by atoms with van der Waals surface area (Å²) in [4.78, 5) is 17.5. The normalized spacial score (nSPS) is 10.8. The van der Waals surface area contributed by atoms with Gasteiger partial charge < -0.3 is 14.6 Å². The van der Waals surface area contributed by atoms with Crippen LogP contribution >= 0.6 is 0 Å². The van der Waals surface area contributed by atoms with Crippen molar-refractivity contribution in [3.05, 3.63) is 89.7 Å². The highest BCUT2D eigenvalue weighted by molar-refractivity contribution is 5.91. The van der Waals surface area contributed by atoms with E-state index in [2.05, 4.69) is 30.4 Å². The lowest BCUT2D eigenvalue weighted by Crippen LogP contribution is -2.20. The minimum absolute atomic E-state index is 0.0937. The number of imidazole rings is 1. The Hall–Kier alpha value is -3.60. The molecular formula is C24H23N3O2. The maximum absolute atomic E-state index is 12.7. The second-order valence-corrected chi connectivity index (χ2v) is 7.05. The van der Waals surface area contributed by atoms with Crippen molar-refractivity contribution in [3.8, 4) is 5.75 Å². The van der Waals surface area contributed by atoms with Gasteiger partial charge in [0.1, 0.15) is 18.1 Å². The highest BCUT2D eigenvalue weighted by atomic mass is 16.5. The number of hydrogen-bond acceptors (Lipinski definition) is 3. The number of carbonyl (C=O) groups is 1. The van der Waals surface area contributed by atoms with Gasteiger partial charge in [-0.05, 0) is 48.9 Å². The number of carbonyl (C=O) groups excluding carboxylic acids is 1. The van der Waals surface area contributed by atoms with Crippen LogP contribution in [0, 0.1) is 6.92 Å². The van der Waals surface area contributed by atoms with Crippen LogP contribution in [0.5, 0.6) is 5.75 Å². The Morgan fingerprint density at radius 3 is 2.59 bits per heavy atom. The second kappa shape index (κ2) is 8.19. The van der Waals surface area contributed by atoms with Gasteiger partial charge in [-0.15, -0.1) is 0 Å². The molecule has 0 aliphatic rings. The van der Waals surface area contributed by atoms with Gasteiger partial charge in [-0.2, -0.15) is 0 Å². The van der Waals surface area contributed by atoms with E-state index in [1.54, 1.807) is 7.11 Å². The quantitative estimate of drug-likeness (QED) is 0.528. The fraction of sp³-hybridized carbons (Fsp3) is 0.167. The third kappa shape index (κ3) is 4.29. The van der Waals surface area contributed by atoms with Crippen molar-refractivity contribution >= 4 is 22.6 Å². The Kier molecular flexibility index (Phi) is 5.29. The summed E-state index contributed by atoms with van der Waals surface area (Å²) in [6.07, 6.45) is 0.673. The molecule has 0 spiro atoms. The summed E-state index contributed by atoms with van der Waals surface area (Å²) in [5.41, 5.74) is 4.98. The van der Waals surface area contributed by atoms with Crippen molar-refractivity contribution < 1.29 is 9.53 Å². The molecule has 0 aliphatic carbocycles. The molecule has 146 valence electrons. The number of fused-ring (bicyclic) bond motifs is 1. The van der Waals surface area contributed by atoms with E-state index in [4.69, 9.17) is 9.72 Å². The van der Waals surface area contributed by atoms with Crippen LogP contribution in [-0.4, -0.2) is 22.6 Å². The molecule has 29 heavy (non-hydrogen) atoms. The molecule has 1 heterocycles. The molecule has 0 unspecified atom stereocenters. The number of para-hydroxylation sites is 2. The van der Waals surface area contributed by atoms with Crippen molar-refractivity contribution in [2.75, 3.05) is 12.4 Å². The SMILES string of the molecule is COc1ccc(NC(=O)Cn2c(Cc3cccc(C)c3)nc3ccccc32)cc1. The van der Waals surface area contributed by atoms with Gasteiger partial charge in [0, 0.05) is 12.1 Å². The van der Waals surface area contributed by atoms with Crippen molar-refractivity contribution in [3.63, 3.8) is 0 Å². The number of benzene rings is 3. The fourth-order valence-electron chi connectivity index (χ4n) is 3.46. The highest BCUT2D eigenvalue weighted by Gasteiger charge is 2.14. The van der Waals surface area contributed by atoms with Crippen LogP contribution < -0.4 is 10.1 Å². The Labute approximate surface area is 170 Å². The van der Waals surface area contributed by atoms with Crippen molar-refractivity contribution in [2.24, 2.45) is 0 Å². The average Bonchev–Trinajstić information content (AvgIpc) is 3.05. The minimum Gasteiger partial charge on any atom is -0.497 e. The number of ether oxygens (including phenoxy) is 1. The largest absolute Gasteiger partial charge is 0.497 e. The van der Waals surface area contributed by atoms with Gasteiger partial charge in [0.2, 0.25) is 5.91 Å². The molecule has 0 aliphatic heterocycles. The number of methoxy groups -OCH3 is 1. The molecule has 0 radical (unpaired) electrons. The maximum atomic E-state index is 12.7. The number of aromatic nitrogens is 2. The van der Waals surface area contributed by atoms with E-state index in [1.807, 2.05) is 59.2 Å². The molecule has 1 amide bonds. The molecule has 4 aromatic rings. The average molecular weight is 385 g/mol. The molecule has 5 heteroatoms. The Bertz CT molecular complexity index is 1150. The van der Waals surface area contributed by atoms with Crippen molar-refractivity contribution in [2.45, 2.75) is 19.9 Å². The topological polar surface area (TPSA) is 56.1 Å². The lowest BCUT2D eigenvalue weighted by Gasteiger charge is -2.11. The summed E-state index contributed by atoms with van der Waals surface area (Å²) in [7, 11) is 1.62. The van der Waals surface area contributed by atoms with E-state index in [9.17, 15) is 4.79 Å². The van der Waals surface area contributed by atoms with Crippen LogP contribution in [0.4, 0.5) is 5.69 Å². The van der Waals surface area contributed by atoms with Crippen LogP contribution in [0.1, 0.15) is 17.0 Å². The first-order valence-corrected chi connectivity index (χ1v) is 9.56. The zero-order valence-corrected chi connectivity index (χ0v) is 16.6. The summed E-state index contributed by atoms with van der Waals surface area (Å²) >= 11 is 0. The van der Waals surface area contributed by atoms with Crippen LogP contribution in [0.3, 0.4) is 0 Å². The zero-order valence-electron chi connectivity index (χ0n) is 16.6. The molecule has 0 bridgehead atoms. The monoisotopic (exact) mass is 385 g/mol. The van der Waals surface area contributed by atoms with Crippen LogP contribution in [-0.2, 0) is 17.8 Å². The van der Waals surface area contributed by atoms with E-state index >= 15 is 0 Å². The van der Waals surface area contributed by atoms with Crippen LogP contribution in [0.15, 0.2) is 72.8 Å². The van der Waals surface area contributed by atoms with Gasteiger partial charge >= 0.3 is 0 Å². The number of nitrogens with zero attached hydrogens (tertiary/aromatic N) is 2. The molecule has 4 rings (SSSR count). The molecule has 3 aromatic carbocycles. The molecular weight excluding hydrogens is 362 g/mol. The second-order valence-electron chi connectivity index (χ2n) is 7.05. The van der Waals surface area contributed by atoms with E-state index in [0.29, 0.717) is 6.42 Å². The van der Waals surface area contributed by atoms with Gasteiger partial charge in [-0.1, -0.05) is 42.0 Å². The Morgan fingerprint density at radius 2 is 1.83 bits per heavy atom. The number of amides is 1. The fourth-order valence-corrected chi connectivity index (χ4v) is 3.46. The standard InChI is InChI=1S/C24H23N3O2/c1-17-6-5-7-18(14-17)15-23-26-21-8-3-4-9-22(21)27(23)16-24(28)25-19-10-12-20(29-2)13-11-19/h3-14H,15-16H2,1-2H3,(H,25,28). The number of nitrogens with one attached hydrogen (secondary N) is 1. The van der Waals surface area contributed by atoms with Gasteiger partial charge in [0.05, 0.1) is 18.1 Å². The number of hydrogen-bond donors (Lipinski definition) is 1. The van der Waals surface area contributed by atoms with Gasteiger partial charge in [-0.3, -0.25) is 4.79 Å². The number of aryl methyl sites for hydroxylation is 1. The van der Waals surface area contributed by atoms with E-state index in [0.717, 1.165) is 28.3 Å². The van der Waals surface area contributed by atoms with E-state index < -0.39 is 0 Å². The maximum Gasteiger partial charge on any atom is 0.244 e. The van der Waals surface area contributed by atoms with E-state index in [1.165, 1.54) is 11.1 Å². The summed E-state index contributed by atoms with van der Waals surface area (Å²) in [6.45, 7) is 2.28. The molecule has 1 N–H and O–H groups in total. The molecule has 0 fully saturated rings. The predicted molar refractivity (Wildman–Crippen MR) is 115 cm³/mol. The molecule has 1 aromatic heterocycles. The summed E-state index contributed by atoms with van der Waals surface area (Å²) < 4.78 is 7.16.